The zero-order chi connectivity index (χ0) is 33.6. The van der Waals surface area contributed by atoms with E-state index >= 15 is 0 Å². The molecule has 8 nitrogen and oxygen atoms in total. The Bertz CT molecular complexity index is 1640. The molecular weight excluding hydrogens is 587 g/mol. The second-order valence-corrected chi connectivity index (χ2v) is 12.8. The SMILES string of the molecule is CC(C)c1c(C(=O)Nc2ccccc2O)c(-c2ccccc2)c(-c2ccc(F)cc2)n1CCC(O)CC(O)CC(=O)OC(C)(C)C. The molecule has 4 rings (SSSR count). The van der Waals surface area contributed by atoms with E-state index in [2.05, 4.69) is 5.32 Å². The predicted octanol–water partition coefficient (Wildman–Crippen LogP) is 7.28. The van der Waals surface area contributed by atoms with Crippen molar-refractivity contribution in [2.75, 3.05) is 5.32 Å². The number of esters is 1. The number of rotatable bonds is 12. The van der Waals surface area contributed by atoms with Crippen LogP contribution in [0.1, 0.15) is 75.9 Å². The predicted molar refractivity (Wildman–Crippen MR) is 177 cm³/mol. The summed E-state index contributed by atoms with van der Waals surface area (Å²) in [6.07, 6.45) is -2.17. The van der Waals surface area contributed by atoms with Crippen LogP contribution in [0.2, 0.25) is 0 Å². The number of aromatic nitrogens is 1. The van der Waals surface area contributed by atoms with E-state index in [9.17, 15) is 29.3 Å². The highest BCUT2D eigenvalue weighted by Crippen LogP contribution is 2.43. The number of aromatic hydroxyl groups is 1. The lowest BCUT2D eigenvalue weighted by Gasteiger charge is -2.22. The Morgan fingerprint density at radius 3 is 2.13 bits per heavy atom. The number of carbonyl (C=O) groups is 2. The van der Waals surface area contributed by atoms with Gasteiger partial charge in [0.1, 0.15) is 17.2 Å². The third-order valence-corrected chi connectivity index (χ3v) is 7.46. The molecule has 9 heteroatoms. The smallest absolute Gasteiger partial charge is 0.308 e. The third-order valence-electron chi connectivity index (χ3n) is 7.46. The number of para-hydroxylation sites is 2. The van der Waals surface area contributed by atoms with Crippen LogP contribution < -0.4 is 5.32 Å². The molecule has 2 unspecified atom stereocenters. The fourth-order valence-electron chi connectivity index (χ4n) is 5.63. The molecule has 0 radical (unpaired) electrons. The van der Waals surface area contributed by atoms with Crippen molar-refractivity contribution >= 4 is 17.6 Å². The molecule has 0 bridgehead atoms. The van der Waals surface area contributed by atoms with E-state index < -0.39 is 35.5 Å². The first-order valence-electron chi connectivity index (χ1n) is 15.5. The second-order valence-electron chi connectivity index (χ2n) is 12.8. The summed E-state index contributed by atoms with van der Waals surface area (Å²) in [6, 6.07) is 21.9. The van der Waals surface area contributed by atoms with Crippen LogP contribution in [-0.2, 0) is 16.1 Å². The van der Waals surface area contributed by atoms with Crippen LogP contribution in [0.3, 0.4) is 0 Å². The molecule has 0 fully saturated rings. The zero-order valence-corrected chi connectivity index (χ0v) is 27.0. The number of phenols is 1. The van der Waals surface area contributed by atoms with Gasteiger partial charge in [0.2, 0.25) is 0 Å². The van der Waals surface area contributed by atoms with E-state index in [0.29, 0.717) is 28.1 Å². The summed E-state index contributed by atoms with van der Waals surface area (Å²) in [7, 11) is 0. The number of benzene rings is 3. The van der Waals surface area contributed by atoms with E-state index in [1.807, 2.05) is 48.7 Å². The zero-order valence-electron chi connectivity index (χ0n) is 27.0. The van der Waals surface area contributed by atoms with Crippen LogP contribution >= 0.6 is 0 Å². The largest absolute Gasteiger partial charge is 0.506 e. The van der Waals surface area contributed by atoms with E-state index in [4.69, 9.17) is 4.74 Å². The van der Waals surface area contributed by atoms with Gasteiger partial charge in [-0.05, 0) is 87.1 Å². The average Bonchev–Trinajstić information content (AvgIpc) is 3.32. The van der Waals surface area contributed by atoms with Gasteiger partial charge in [0.05, 0.1) is 35.6 Å². The first-order valence-corrected chi connectivity index (χ1v) is 15.5. The lowest BCUT2D eigenvalue weighted by atomic mass is 9.94. The molecule has 0 saturated carbocycles. The Labute approximate surface area is 269 Å². The topological polar surface area (TPSA) is 121 Å². The van der Waals surface area contributed by atoms with Gasteiger partial charge in [-0.15, -0.1) is 0 Å². The standard InChI is InChI=1S/C37H43FN2O6/c1-23(2)34-33(36(45)39-29-13-9-10-14-30(29)43)32(24-11-7-6-8-12-24)35(25-15-17-26(38)18-16-25)40(34)20-19-27(41)21-28(42)22-31(44)46-37(3,4)5/h6-18,23,27-28,41-43H,19-22H2,1-5H3,(H,39,45). The minimum atomic E-state index is -1.10. The van der Waals surface area contributed by atoms with Crippen molar-refractivity contribution in [2.24, 2.45) is 0 Å². The summed E-state index contributed by atoms with van der Waals surface area (Å²) >= 11 is 0. The molecule has 0 aliphatic rings. The number of hydrogen-bond acceptors (Lipinski definition) is 6. The number of amides is 1. The minimum absolute atomic E-state index is 0.0461. The van der Waals surface area contributed by atoms with Gasteiger partial charge < -0.3 is 29.9 Å². The van der Waals surface area contributed by atoms with Crippen LogP contribution in [0.15, 0.2) is 78.9 Å². The van der Waals surface area contributed by atoms with E-state index in [-0.39, 0.29) is 43.2 Å². The van der Waals surface area contributed by atoms with Gasteiger partial charge in [0, 0.05) is 17.8 Å². The number of aliphatic hydroxyl groups is 2. The van der Waals surface area contributed by atoms with E-state index in [1.54, 1.807) is 51.1 Å². The Morgan fingerprint density at radius 2 is 1.52 bits per heavy atom. The molecule has 0 saturated heterocycles. The van der Waals surface area contributed by atoms with Crippen molar-refractivity contribution in [3.63, 3.8) is 0 Å². The number of hydrogen-bond donors (Lipinski definition) is 4. The Hall–Kier alpha value is -4.47. The Morgan fingerprint density at radius 1 is 0.891 bits per heavy atom. The van der Waals surface area contributed by atoms with Gasteiger partial charge in [-0.2, -0.15) is 0 Å². The number of ether oxygens (including phenoxy) is 1. The van der Waals surface area contributed by atoms with Crippen molar-refractivity contribution in [1.29, 1.82) is 0 Å². The maximum absolute atomic E-state index is 14.2. The van der Waals surface area contributed by atoms with Crippen LogP contribution in [0.25, 0.3) is 22.4 Å². The van der Waals surface area contributed by atoms with Crippen molar-refractivity contribution < 1.29 is 34.0 Å². The highest BCUT2D eigenvalue weighted by molar-refractivity contribution is 6.13. The molecule has 4 N–H and O–H groups in total. The summed E-state index contributed by atoms with van der Waals surface area (Å²) in [5.74, 6) is -1.63. The number of phenolic OH excluding ortho intramolecular Hbond substituents is 1. The third kappa shape index (κ3) is 8.62. The van der Waals surface area contributed by atoms with Crippen LogP contribution in [0.5, 0.6) is 5.75 Å². The first-order chi connectivity index (χ1) is 21.7. The summed E-state index contributed by atoms with van der Waals surface area (Å²) < 4.78 is 21.4. The summed E-state index contributed by atoms with van der Waals surface area (Å²) in [5, 5.41) is 34.8. The Kier molecular flexibility index (Phi) is 11.0. The van der Waals surface area contributed by atoms with Gasteiger partial charge in [0.25, 0.3) is 5.91 Å². The fraction of sp³-hybridized carbons (Fsp3) is 0.351. The molecule has 1 aromatic heterocycles. The molecule has 0 spiro atoms. The molecule has 0 aliphatic heterocycles. The molecule has 4 aromatic rings. The number of aliphatic hydroxyl groups excluding tert-OH is 2. The summed E-state index contributed by atoms with van der Waals surface area (Å²) in [6.45, 7) is 9.42. The molecule has 46 heavy (non-hydrogen) atoms. The summed E-state index contributed by atoms with van der Waals surface area (Å²) in [4.78, 5) is 26.4. The minimum Gasteiger partial charge on any atom is -0.506 e. The normalized spacial score (nSPS) is 13.0. The number of carbonyl (C=O) groups excluding carboxylic acids is 2. The van der Waals surface area contributed by atoms with Gasteiger partial charge in [0.15, 0.2) is 0 Å². The molecule has 2 atom stereocenters. The van der Waals surface area contributed by atoms with Crippen LogP contribution in [0.4, 0.5) is 10.1 Å². The lowest BCUT2D eigenvalue weighted by Crippen LogP contribution is -2.28. The van der Waals surface area contributed by atoms with Crippen molar-refractivity contribution in [2.45, 2.75) is 84.2 Å². The Balaban J connectivity index is 1.79. The fourth-order valence-corrected chi connectivity index (χ4v) is 5.63. The van der Waals surface area contributed by atoms with Crippen molar-refractivity contribution in [3.8, 4) is 28.1 Å². The van der Waals surface area contributed by atoms with E-state index in [1.165, 1.54) is 18.2 Å². The quantitative estimate of drug-likeness (QED) is 0.0965. The van der Waals surface area contributed by atoms with Gasteiger partial charge in [-0.3, -0.25) is 9.59 Å². The monoisotopic (exact) mass is 630 g/mol. The van der Waals surface area contributed by atoms with Crippen LogP contribution in [-0.4, -0.2) is 49.6 Å². The molecular formula is C37H43FN2O6. The average molecular weight is 631 g/mol. The van der Waals surface area contributed by atoms with Crippen molar-refractivity contribution in [1.82, 2.24) is 4.57 Å². The van der Waals surface area contributed by atoms with Gasteiger partial charge in [-0.25, -0.2) is 4.39 Å². The second kappa shape index (κ2) is 14.7. The maximum atomic E-state index is 14.2. The van der Waals surface area contributed by atoms with Gasteiger partial charge in [-0.1, -0.05) is 56.3 Å². The van der Waals surface area contributed by atoms with E-state index in [0.717, 1.165) is 5.56 Å². The molecule has 3 aromatic carbocycles. The maximum Gasteiger partial charge on any atom is 0.308 e. The molecule has 244 valence electrons. The molecule has 1 amide bonds. The van der Waals surface area contributed by atoms with Crippen LogP contribution in [0, 0.1) is 5.82 Å². The summed E-state index contributed by atoms with van der Waals surface area (Å²) in [5.41, 5.74) is 3.37. The number of nitrogens with one attached hydrogen (secondary N) is 1. The first kappa shape index (κ1) is 34.4. The lowest BCUT2D eigenvalue weighted by molar-refractivity contribution is -0.157. The molecule has 0 aliphatic carbocycles. The highest BCUT2D eigenvalue weighted by atomic mass is 19.1. The highest BCUT2D eigenvalue weighted by Gasteiger charge is 2.31. The number of anilines is 1. The van der Waals surface area contributed by atoms with Gasteiger partial charge >= 0.3 is 5.97 Å². The number of nitrogens with zero attached hydrogens (tertiary/aromatic N) is 1. The molecule has 1 heterocycles. The number of halogens is 1. The van der Waals surface area contributed by atoms with Crippen molar-refractivity contribution in [3.05, 3.63) is 95.9 Å².